The summed E-state index contributed by atoms with van der Waals surface area (Å²) in [6.45, 7) is 3.89. The van der Waals surface area contributed by atoms with Crippen molar-refractivity contribution in [3.63, 3.8) is 0 Å². The third-order valence-electron chi connectivity index (χ3n) is 7.50. The van der Waals surface area contributed by atoms with Gasteiger partial charge < -0.3 is 14.4 Å². The molecule has 5 rings (SSSR count). The summed E-state index contributed by atoms with van der Waals surface area (Å²) in [7, 11) is 0. The van der Waals surface area contributed by atoms with E-state index in [1.165, 1.54) is 24.3 Å². The summed E-state index contributed by atoms with van der Waals surface area (Å²) in [5, 5.41) is 15.0. The van der Waals surface area contributed by atoms with Crippen molar-refractivity contribution in [3.05, 3.63) is 107 Å². The van der Waals surface area contributed by atoms with Crippen molar-refractivity contribution in [2.75, 3.05) is 6.61 Å². The van der Waals surface area contributed by atoms with Crippen molar-refractivity contribution >= 4 is 12.0 Å². The highest BCUT2D eigenvalue weighted by molar-refractivity contribution is 5.87. The second kappa shape index (κ2) is 11.4. The molecule has 41 heavy (non-hydrogen) atoms. The zero-order chi connectivity index (χ0) is 29.2. The minimum atomic E-state index is -4.46. The van der Waals surface area contributed by atoms with Gasteiger partial charge in [-0.05, 0) is 61.4 Å². The Kier molecular flexibility index (Phi) is 7.87. The molecule has 3 aromatic carbocycles. The molecule has 1 aliphatic rings. The van der Waals surface area contributed by atoms with Crippen LogP contribution in [0, 0.1) is 6.92 Å². The molecule has 0 saturated heterocycles. The quantitative estimate of drug-likeness (QED) is 0.209. The molecule has 1 aromatic heterocycles. The number of aliphatic hydroxyl groups is 1. The first kappa shape index (κ1) is 28.4. The van der Waals surface area contributed by atoms with E-state index in [1.807, 2.05) is 55.5 Å². The lowest BCUT2D eigenvalue weighted by Crippen LogP contribution is -2.23. The van der Waals surface area contributed by atoms with E-state index in [0.29, 0.717) is 29.2 Å². The molecule has 5 nitrogen and oxygen atoms in total. The minimum Gasteiger partial charge on any atom is -0.465 e. The summed E-state index contributed by atoms with van der Waals surface area (Å²) in [4.78, 5) is 12.4. The molecule has 0 aliphatic heterocycles. The number of benzene rings is 3. The summed E-state index contributed by atoms with van der Waals surface area (Å²) < 4.78 is 50.7. The number of carbonyl (C=O) groups excluding carboxylic acids is 1. The molecule has 1 N–H and O–H groups in total. The lowest BCUT2D eigenvalue weighted by Gasteiger charge is -2.15. The molecule has 1 atom stereocenters. The molecular formula is C33H30F3NO4. The number of aryl methyl sites for hydroxylation is 1. The Balaban J connectivity index is 1.31. The van der Waals surface area contributed by atoms with E-state index in [-0.39, 0.29) is 18.0 Å². The van der Waals surface area contributed by atoms with E-state index >= 15 is 0 Å². The molecule has 1 heterocycles. The van der Waals surface area contributed by atoms with Gasteiger partial charge in [0.2, 0.25) is 0 Å². The number of esters is 1. The fraction of sp³-hybridized carbons (Fsp3) is 0.273. The average Bonchev–Trinajstić information content (AvgIpc) is 3.69. The van der Waals surface area contributed by atoms with Crippen LogP contribution in [-0.2, 0) is 21.1 Å². The van der Waals surface area contributed by atoms with Crippen LogP contribution in [0.25, 0.3) is 28.5 Å². The van der Waals surface area contributed by atoms with Crippen LogP contribution < -0.4 is 0 Å². The van der Waals surface area contributed by atoms with Gasteiger partial charge in [0.05, 0.1) is 34.9 Å². The summed E-state index contributed by atoms with van der Waals surface area (Å²) in [6, 6.07) is 20.8. The first-order valence-electron chi connectivity index (χ1n) is 13.5. The third-order valence-corrected chi connectivity index (χ3v) is 7.50. The molecule has 212 valence electrons. The van der Waals surface area contributed by atoms with Gasteiger partial charge in [-0.15, -0.1) is 0 Å². The van der Waals surface area contributed by atoms with Gasteiger partial charge in [0.25, 0.3) is 0 Å². The van der Waals surface area contributed by atoms with Crippen LogP contribution in [-0.4, -0.2) is 22.8 Å². The van der Waals surface area contributed by atoms with Crippen LogP contribution in [0.3, 0.4) is 0 Å². The van der Waals surface area contributed by atoms with Crippen molar-refractivity contribution < 1.29 is 32.3 Å². The maximum Gasteiger partial charge on any atom is 0.416 e. The van der Waals surface area contributed by atoms with Crippen molar-refractivity contribution in [2.45, 2.75) is 50.8 Å². The molecule has 1 unspecified atom stereocenters. The Bertz CT molecular complexity index is 1550. The second-order valence-corrected chi connectivity index (χ2v) is 10.2. The van der Waals surface area contributed by atoms with Gasteiger partial charge >= 0.3 is 12.1 Å². The van der Waals surface area contributed by atoms with E-state index < -0.39 is 23.3 Å². The van der Waals surface area contributed by atoms with Crippen LogP contribution in [0.15, 0.2) is 83.4 Å². The maximum atomic E-state index is 13.3. The number of halogens is 3. The zero-order valence-corrected chi connectivity index (χ0v) is 22.7. The first-order valence-corrected chi connectivity index (χ1v) is 13.5. The van der Waals surface area contributed by atoms with Gasteiger partial charge in [-0.3, -0.25) is 4.79 Å². The van der Waals surface area contributed by atoms with Crippen LogP contribution >= 0.6 is 0 Å². The summed E-state index contributed by atoms with van der Waals surface area (Å²) in [5.74, 6) is 0.241. The van der Waals surface area contributed by atoms with Crippen molar-refractivity contribution in [1.29, 1.82) is 0 Å². The van der Waals surface area contributed by atoms with E-state index in [9.17, 15) is 23.1 Å². The smallest absolute Gasteiger partial charge is 0.416 e. The molecule has 1 fully saturated rings. The van der Waals surface area contributed by atoms with Crippen LogP contribution in [0.2, 0.25) is 0 Å². The predicted octanol–water partition coefficient (Wildman–Crippen LogP) is 8.07. The number of hydrogen-bond donors (Lipinski definition) is 1. The summed E-state index contributed by atoms with van der Waals surface area (Å²) in [5.41, 5.74) is 3.41. The molecule has 4 aromatic rings. The third kappa shape index (κ3) is 5.84. The molecule has 0 bridgehead atoms. The number of nitrogens with zero attached hydrogens (tertiary/aromatic N) is 1. The lowest BCUT2D eigenvalue weighted by atomic mass is 9.93. The van der Waals surface area contributed by atoms with Crippen molar-refractivity contribution in [3.8, 4) is 22.5 Å². The maximum absolute atomic E-state index is 13.3. The number of carbonyl (C=O) groups is 1. The molecule has 0 amide bonds. The normalized spacial score (nSPS) is 15.2. The first-order chi connectivity index (χ1) is 19.6. The van der Waals surface area contributed by atoms with E-state index in [2.05, 4.69) is 5.16 Å². The minimum absolute atomic E-state index is 0.0336. The Morgan fingerprint density at radius 2 is 1.63 bits per heavy atom. The van der Waals surface area contributed by atoms with Gasteiger partial charge in [0, 0.05) is 5.56 Å². The number of aromatic nitrogens is 1. The van der Waals surface area contributed by atoms with E-state index in [4.69, 9.17) is 9.26 Å². The number of alkyl halides is 3. The Morgan fingerprint density at radius 3 is 2.24 bits per heavy atom. The molecule has 0 spiro atoms. The second-order valence-electron chi connectivity index (χ2n) is 10.2. The standard InChI is InChI=1S/C33H30F3NO4/c1-3-40-31(39)32(19-20-32)26-17-15-23(16-18-26)22-11-13-25(14-12-22)30-29(21(2)37-41-30)28(38)10-6-8-24-7-4-5-9-27(24)33(34,35)36/h4-9,11-18,28,38H,3,10,19-20H2,1-2H3. The highest BCUT2D eigenvalue weighted by Gasteiger charge is 2.52. The van der Waals surface area contributed by atoms with Gasteiger partial charge in [-0.25, -0.2) is 0 Å². The number of hydrogen-bond acceptors (Lipinski definition) is 5. The Hall–Kier alpha value is -4.17. The SMILES string of the molecule is CCOC(=O)C1(c2ccc(-c3ccc(-c4onc(C)c4C(O)CC=Cc4ccccc4C(F)(F)F)cc3)cc2)CC1. The van der Waals surface area contributed by atoms with Crippen LogP contribution in [0.5, 0.6) is 0 Å². The van der Waals surface area contributed by atoms with E-state index in [0.717, 1.165) is 35.6 Å². The molecule has 1 saturated carbocycles. The molecule has 1 aliphatic carbocycles. The number of rotatable bonds is 9. The highest BCUT2D eigenvalue weighted by Crippen LogP contribution is 2.49. The number of aliphatic hydroxyl groups excluding tert-OH is 1. The largest absolute Gasteiger partial charge is 0.465 e. The molecular weight excluding hydrogens is 531 g/mol. The van der Waals surface area contributed by atoms with Crippen LogP contribution in [0.1, 0.15) is 60.2 Å². The molecule has 8 heteroatoms. The fourth-order valence-corrected chi connectivity index (χ4v) is 5.12. The van der Waals surface area contributed by atoms with Gasteiger partial charge in [0.1, 0.15) is 0 Å². The monoisotopic (exact) mass is 561 g/mol. The lowest BCUT2D eigenvalue weighted by molar-refractivity contribution is -0.146. The van der Waals surface area contributed by atoms with E-state index in [1.54, 1.807) is 13.0 Å². The average molecular weight is 562 g/mol. The van der Waals surface area contributed by atoms with Crippen molar-refractivity contribution in [2.24, 2.45) is 0 Å². The summed E-state index contributed by atoms with van der Waals surface area (Å²) in [6.07, 6.45) is -0.930. The predicted molar refractivity (Wildman–Crippen MR) is 150 cm³/mol. The fourth-order valence-electron chi connectivity index (χ4n) is 5.12. The van der Waals surface area contributed by atoms with Gasteiger partial charge in [-0.2, -0.15) is 13.2 Å². The van der Waals surface area contributed by atoms with Crippen molar-refractivity contribution in [1.82, 2.24) is 5.16 Å². The topological polar surface area (TPSA) is 72.6 Å². The van der Waals surface area contributed by atoms with Gasteiger partial charge in [-0.1, -0.05) is 84.0 Å². The Morgan fingerprint density at radius 1 is 1.02 bits per heavy atom. The zero-order valence-electron chi connectivity index (χ0n) is 22.7. The Labute approximate surface area is 236 Å². The van der Waals surface area contributed by atoms with Crippen LogP contribution in [0.4, 0.5) is 13.2 Å². The summed E-state index contributed by atoms with van der Waals surface area (Å²) >= 11 is 0. The van der Waals surface area contributed by atoms with Gasteiger partial charge in [0.15, 0.2) is 5.76 Å². The number of ether oxygens (including phenoxy) is 1. The highest BCUT2D eigenvalue weighted by atomic mass is 19.4. The molecule has 0 radical (unpaired) electrons.